The van der Waals surface area contributed by atoms with Gasteiger partial charge in [0, 0.05) is 22.0 Å². The van der Waals surface area contributed by atoms with Crippen molar-refractivity contribution in [1.29, 1.82) is 0 Å². The molecule has 2 heteroatoms. The van der Waals surface area contributed by atoms with Gasteiger partial charge in [-0.05, 0) is 71.2 Å². The van der Waals surface area contributed by atoms with Crippen LogP contribution in [0.15, 0.2) is 85.1 Å². The molecular weight excluding hydrogens is 374 g/mol. The fourth-order valence-electron chi connectivity index (χ4n) is 4.41. The molecule has 0 atom stereocenters. The Hall–Kier alpha value is -2.90. The number of pyridine rings is 1. The summed E-state index contributed by atoms with van der Waals surface area (Å²) in [4.78, 5) is 4.18. The van der Waals surface area contributed by atoms with Crippen molar-refractivity contribution in [3.05, 3.63) is 101 Å². The van der Waals surface area contributed by atoms with Crippen LogP contribution in [0, 0.1) is 0 Å². The summed E-state index contributed by atoms with van der Waals surface area (Å²) in [6.45, 7) is 0. The molecule has 142 valence electrons. The highest BCUT2D eigenvalue weighted by Gasteiger charge is 2.13. The van der Waals surface area contributed by atoms with Gasteiger partial charge < -0.3 is 0 Å². The molecule has 1 aliphatic rings. The van der Waals surface area contributed by atoms with E-state index in [0.717, 1.165) is 15.9 Å². The van der Waals surface area contributed by atoms with Gasteiger partial charge in [-0.15, -0.1) is 0 Å². The van der Waals surface area contributed by atoms with Crippen molar-refractivity contribution >= 4 is 44.0 Å². The van der Waals surface area contributed by atoms with Gasteiger partial charge in [-0.3, -0.25) is 4.98 Å². The first-order valence-corrected chi connectivity index (χ1v) is 10.6. The number of hydrogen-bond acceptors (Lipinski definition) is 1. The van der Waals surface area contributed by atoms with E-state index in [2.05, 4.69) is 47.4 Å². The van der Waals surface area contributed by atoms with Crippen molar-refractivity contribution in [2.24, 2.45) is 0 Å². The van der Waals surface area contributed by atoms with Crippen LogP contribution in [0.4, 0.5) is 0 Å². The van der Waals surface area contributed by atoms with Crippen LogP contribution in [0.3, 0.4) is 0 Å². The van der Waals surface area contributed by atoms with Gasteiger partial charge in [0.1, 0.15) is 0 Å². The topological polar surface area (TPSA) is 12.9 Å². The minimum Gasteiger partial charge on any atom is -0.256 e. The molecule has 0 radical (unpaired) electrons. The first kappa shape index (κ1) is 18.1. The van der Waals surface area contributed by atoms with E-state index < -0.39 is 0 Å². The van der Waals surface area contributed by atoms with Crippen molar-refractivity contribution in [2.45, 2.75) is 25.7 Å². The molecule has 0 amide bonds. The molecule has 1 heterocycles. The molecule has 5 aromatic rings. The average molecular weight is 396 g/mol. The van der Waals surface area contributed by atoms with Gasteiger partial charge in [-0.25, -0.2) is 0 Å². The fraction of sp³-hybridized carbons (Fsp3) is 0.148. The number of para-hydroxylation sites is 1. The lowest BCUT2D eigenvalue weighted by Crippen LogP contribution is -2.03. The predicted molar refractivity (Wildman–Crippen MR) is 125 cm³/mol. The van der Waals surface area contributed by atoms with Crippen LogP contribution in [0.5, 0.6) is 0 Å². The van der Waals surface area contributed by atoms with Crippen molar-refractivity contribution in [2.75, 3.05) is 0 Å². The van der Waals surface area contributed by atoms with Crippen LogP contribution < -0.4 is 0 Å². The molecule has 1 nitrogen and oxygen atoms in total. The summed E-state index contributed by atoms with van der Waals surface area (Å²) in [6, 6.07) is 27.3. The van der Waals surface area contributed by atoms with E-state index in [4.69, 9.17) is 11.6 Å². The minimum atomic E-state index is 0.845. The van der Waals surface area contributed by atoms with Crippen molar-refractivity contribution in [3.8, 4) is 0 Å². The maximum absolute atomic E-state index is 6.30. The molecule has 0 saturated carbocycles. The summed E-state index contributed by atoms with van der Waals surface area (Å²) >= 11 is 6.30. The number of aromatic nitrogens is 1. The van der Waals surface area contributed by atoms with Crippen molar-refractivity contribution < 1.29 is 0 Å². The Morgan fingerprint density at radius 1 is 0.621 bits per heavy atom. The number of hydrogen-bond donors (Lipinski definition) is 0. The van der Waals surface area contributed by atoms with E-state index in [9.17, 15) is 0 Å². The Morgan fingerprint density at radius 2 is 1.38 bits per heavy atom. The van der Waals surface area contributed by atoms with Crippen molar-refractivity contribution in [3.63, 3.8) is 0 Å². The predicted octanol–water partition coefficient (Wildman–Crippen LogP) is 7.76. The molecule has 4 aromatic carbocycles. The Kier molecular flexibility index (Phi) is 4.91. The Morgan fingerprint density at radius 3 is 2.31 bits per heavy atom. The molecule has 1 aliphatic carbocycles. The van der Waals surface area contributed by atoms with Crippen LogP contribution in [0.1, 0.15) is 24.0 Å². The second-order valence-corrected chi connectivity index (χ2v) is 8.01. The van der Waals surface area contributed by atoms with Crippen LogP contribution in [0.2, 0.25) is 5.02 Å². The van der Waals surface area contributed by atoms with Crippen LogP contribution in [-0.4, -0.2) is 4.98 Å². The second kappa shape index (κ2) is 7.85. The summed E-state index contributed by atoms with van der Waals surface area (Å²) in [6.07, 6.45) is 6.91. The normalized spacial score (nSPS) is 13.1. The molecule has 29 heavy (non-hydrogen) atoms. The van der Waals surface area contributed by atoms with Gasteiger partial charge in [-0.2, -0.15) is 0 Å². The maximum Gasteiger partial charge on any atom is 0.0701 e. The van der Waals surface area contributed by atoms with E-state index in [-0.39, 0.29) is 0 Å². The van der Waals surface area contributed by atoms with Crippen LogP contribution in [-0.2, 0) is 12.8 Å². The average Bonchev–Trinajstić information content (AvgIpc) is 2.79. The quantitative estimate of drug-likeness (QED) is 0.244. The zero-order valence-electron chi connectivity index (χ0n) is 16.2. The Bertz CT molecular complexity index is 1260. The minimum absolute atomic E-state index is 0.845. The third kappa shape index (κ3) is 3.47. The number of benzene rings is 4. The number of rotatable bonds is 0. The second-order valence-electron chi connectivity index (χ2n) is 7.60. The molecule has 1 aromatic heterocycles. The summed E-state index contributed by atoms with van der Waals surface area (Å²) in [5, 5.41) is 7.25. The van der Waals surface area contributed by atoms with E-state index in [1.54, 1.807) is 11.1 Å². The Balaban J connectivity index is 0.000000153. The molecule has 0 bridgehead atoms. The van der Waals surface area contributed by atoms with Gasteiger partial charge in [0.15, 0.2) is 0 Å². The number of fused-ring (bicyclic) bond motifs is 6. The van der Waals surface area contributed by atoms with E-state index in [1.807, 2.05) is 42.6 Å². The third-order valence-corrected chi connectivity index (χ3v) is 6.18. The lowest BCUT2D eigenvalue weighted by Gasteiger charge is -2.18. The molecular formula is C27H22ClN. The van der Waals surface area contributed by atoms with E-state index in [1.165, 1.54) is 47.2 Å². The lowest BCUT2D eigenvalue weighted by molar-refractivity contribution is 0.690. The monoisotopic (exact) mass is 395 g/mol. The van der Waals surface area contributed by atoms with Gasteiger partial charge in [0.25, 0.3) is 0 Å². The summed E-state index contributed by atoms with van der Waals surface area (Å²) < 4.78 is 0. The Labute approximate surface area is 176 Å². The molecule has 0 fully saturated rings. The standard InChI is InChI=1S/C18H15Cl.C9H7N/c19-18-7-3-6-14-16-9-8-12-4-1-2-5-13(12)15(16)10-11-17(14)18;1-2-6-9-8(4-1)5-3-7-10-9/h3,6-11H,1-2,4-5H2;1-7H. The largest absolute Gasteiger partial charge is 0.256 e. The van der Waals surface area contributed by atoms with Gasteiger partial charge in [0.05, 0.1) is 5.52 Å². The van der Waals surface area contributed by atoms with Gasteiger partial charge >= 0.3 is 0 Å². The summed E-state index contributed by atoms with van der Waals surface area (Å²) in [5.74, 6) is 0. The highest BCUT2D eigenvalue weighted by Crippen LogP contribution is 2.35. The first-order chi connectivity index (χ1) is 14.3. The fourth-order valence-corrected chi connectivity index (χ4v) is 4.64. The zero-order chi connectivity index (χ0) is 19.6. The SMILES string of the molecule is Clc1cccc2c1ccc1c3c(ccc12)CCCC3.c1ccc2ncccc2c1. The third-order valence-electron chi connectivity index (χ3n) is 5.85. The van der Waals surface area contributed by atoms with Crippen LogP contribution >= 0.6 is 11.6 Å². The molecule has 0 aliphatic heterocycles. The first-order valence-electron chi connectivity index (χ1n) is 10.2. The van der Waals surface area contributed by atoms with Gasteiger partial charge in [-0.1, -0.05) is 72.3 Å². The van der Waals surface area contributed by atoms with E-state index in [0.29, 0.717) is 0 Å². The molecule has 0 saturated heterocycles. The lowest BCUT2D eigenvalue weighted by atomic mass is 9.86. The highest BCUT2D eigenvalue weighted by atomic mass is 35.5. The number of nitrogens with zero attached hydrogens (tertiary/aromatic N) is 1. The highest BCUT2D eigenvalue weighted by molar-refractivity contribution is 6.36. The van der Waals surface area contributed by atoms with Crippen molar-refractivity contribution in [1.82, 2.24) is 4.98 Å². The smallest absolute Gasteiger partial charge is 0.0701 e. The maximum atomic E-state index is 6.30. The van der Waals surface area contributed by atoms with E-state index >= 15 is 0 Å². The molecule has 0 unspecified atom stereocenters. The molecule has 0 spiro atoms. The zero-order valence-corrected chi connectivity index (χ0v) is 17.0. The number of halogens is 1. The summed E-state index contributed by atoms with van der Waals surface area (Å²) in [5.41, 5.74) is 4.16. The summed E-state index contributed by atoms with van der Waals surface area (Å²) in [7, 11) is 0. The number of aryl methyl sites for hydroxylation is 2. The van der Waals surface area contributed by atoms with Gasteiger partial charge in [0.2, 0.25) is 0 Å². The van der Waals surface area contributed by atoms with Crippen LogP contribution in [0.25, 0.3) is 32.4 Å². The molecule has 6 rings (SSSR count). The molecule has 0 N–H and O–H groups in total.